The summed E-state index contributed by atoms with van der Waals surface area (Å²) in [6, 6.07) is 13.3. The number of fused-ring (bicyclic) bond motifs is 1. The molecule has 2 N–H and O–H groups in total. The summed E-state index contributed by atoms with van der Waals surface area (Å²) in [6.45, 7) is 1.99. The molecule has 0 fully saturated rings. The predicted molar refractivity (Wildman–Crippen MR) is 83.2 cm³/mol. The second kappa shape index (κ2) is 5.15. The Bertz CT molecular complexity index is 985. The Morgan fingerprint density at radius 2 is 1.82 bits per heavy atom. The SMILES string of the molecule is Cc1ccc2nc(-c3ccc(S(N)(=O)=O)c(F)c3)ccc2c1. The quantitative estimate of drug-likeness (QED) is 0.790. The van der Waals surface area contributed by atoms with E-state index in [2.05, 4.69) is 4.98 Å². The molecule has 0 aliphatic rings. The molecule has 0 unspecified atom stereocenters. The Morgan fingerprint density at radius 3 is 2.50 bits per heavy atom. The lowest BCUT2D eigenvalue weighted by Gasteiger charge is -2.06. The predicted octanol–water partition coefficient (Wildman–Crippen LogP) is 3.00. The first-order valence-corrected chi connectivity index (χ1v) is 8.09. The summed E-state index contributed by atoms with van der Waals surface area (Å²) in [6.07, 6.45) is 0. The van der Waals surface area contributed by atoms with Crippen molar-refractivity contribution in [2.45, 2.75) is 11.8 Å². The molecule has 0 saturated carbocycles. The zero-order valence-electron chi connectivity index (χ0n) is 11.7. The molecule has 0 atom stereocenters. The van der Waals surface area contributed by atoms with Gasteiger partial charge in [-0.25, -0.2) is 22.9 Å². The summed E-state index contributed by atoms with van der Waals surface area (Å²) in [4.78, 5) is 3.95. The first kappa shape index (κ1) is 14.6. The molecule has 112 valence electrons. The number of pyridine rings is 1. The molecular weight excluding hydrogens is 303 g/mol. The van der Waals surface area contributed by atoms with Crippen LogP contribution in [0, 0.1) is 12.7 Å². The molecule has 3 rings (SSSR count). The number of aryl methyl sites for hydroxylation is 1. The smallest absolute Gasteiger partial charge is 0.240 e. The summed E-state index contributed by atoms with van der Waals surface area (Å²) < 4.78 is 36.4. The number of nitrogens with zero attached hydrogens (tertiary/aromatic N) is 1. The van der Waals surface area contributed by atoms with Crippen LogP contribution in [0.5, 0.6) is 0 Å². The normalized spacial score (nSPS) is 11.8. The van der Waals surface area contributed by atoms with Crippen LogP contribution in [-0.4, -0.2) is 13.4 Å². The van der Waals surface area contributed by atoms with Crippen LogP contribution >= 0.6 is 0 Å². The highest BCUT2D eigenvalue weighted by Gasteiger charge is 2.15. The molecule has 0 aliphatic carbocycles. The largest absolute Gasteiger partial charge is 0.248 e. The molecule has 0 aliphatic heterocycles. The molecule has 4 nitrogen and oxygen atoms in total. The van der Waals surface area contributed by atoms with Crippen molar-refractivity contribution in [1.29, 1.82) is 0 Å². The van der Waals surface area contributed by atoms with Gasteiger partial charge in [0.1, 0.15) is 10.7 Å². The summed E-state index contributed by atoms with van der Waals surface area (Å²) in [5.74, 6) is -0.884. The van der Waals surface area contributed by atoms with Crippen molar-refractivity contribution in [2.24, 2.45) is 5.14 Å². The number of sulfonamides is 1. The zero-order chi connectivity index (χ0) is 15.9. The summed E-state index contributed by atoms with van der Waals surface area (Å²) in [7, 11) is -4.07. The van der Waals surface area contributed by atoms with Crippen molar-refractivity contribution < 1.29 is 12.8 Å². The number of rotatable bonds is 2. The van der Waals surface area contributed by atoms with Crippen LogP contribution in [0.25, 0.3) is 22.2 Å². The van der Waals surface area contributed by atoms with E-state index in [-0.39, 0.29) is 0 Å². The lowest BCUT2D eigenvalue weighted by Crippen LogP contribution is -2.13. The van der Waals surface area contributed by atoms with Gasteiger partial charge < -0.3 is 0 Å². The second-order valence-electron chi connectivity index (χ2n) is 5.08. The molecule has 0 radical (unpaired) electrons. The first-order chi connectivity index (χ1) is 10.3. The van der Waals surface area contributed by atoms with Crippen LogP contribution in [0.15, 0.2) is 53.4 Å². The van der Waals surface area contributed by atoms with Gasteiger partial charge in [0.25, 0.3) is 0 Å². The highest BCUT2D eigenvalue weighted by atomic mass is 32.2. The molecule has 1 aromatic heterocycles. The highest BCUT2D eigenvalue weighted by molar-refractivity contribution is 7.89. The molecule has 0 amide bonds. The van der Waals surface area contributed by atoms with E-state index in [1.54, 1.807) is 6.07 Å². The van der Waals surface area contributed by atoms with E-state index < -0.39 is 20.7 Å². The van der Waals surface area contributed by atoms with Crippen molar-refractivity contribution in [3.8, 4) is 11.3 Å². The van der Waals surface area contributed by atoms with E-state index >= 15 is 0 Å². The molecule has 0 saturated heterocycles. The minimum Gasteiger partial charge on any atom is -0.248 e. The maximum atomic E-state index is 13.9. The Kier molecular flexibility index (Phi) is 3.42. The van der Waals surface area contributed by atoms with Gasteiger partial charge in [-0.05, 0) is 37.3 Å². The fraction of sp³-hybridized carbons (Fsp3) is 0.0625. The average molecular weight is 316 g/mol. The Labute approximate surface area is 127 Å². The molecule has 0 bridgehead atoms. The van der Waals surface area contributed by atoms with Crippen LogP contribution in [0.4, 0.5) is 4.39 Å². The third-order valence-corrected chi connectivity index (χ3v) is 4.32. The van der Waals surface area contributed by atoms with E-state index in [0.29, 0.717) is 11.3 Å². The van der Waals surface area contributed by atoms with Crippen molar-refractivity contribution in [2.75, 3.05) is 0 Å². The second-order valence-corrected chi connectivity index (χ2v) is 6.61. The van der Waals surface area contributed by atoms with Gasteiger partial charge in [-0.15, -0.1) is 0 Å². The van der Waals surface area contributed by atoms with Crippen molar-refractivity contribution in [3.63, 3.8) is 0 Å². The molecule has 22 heavy (non-hydrogen) atoms. The molecular formula is C16H13FN2O2S. The summed E-state index contributed by atoms with van der Waals surface area (Å²) >= 11 is 0. The lowest BCUT2D eigenvalue weighted by atomic mass is 10.1. The molecule has 6 heteroatoms. The van der Waals surface area contributed by atoms with Crippen LogP contribution in [0.3, 0.4) is 0 Å². The molecule has 0 spiro atoms. The van der Waals surface area contributed by atoms with E-state index in [1.165, 1.54) is 6.07 Å². The van der Waals surface area contributed by atoms with E-state index in [9.17, 15) is 12.8 Å². The standard InChI is InChI=1S/C16H13FN2O2S/c1-10-2-5-14-11(8-10)3-6-15(19-14)12-4-7-16(13(17)9-12)22(18,20)21/h2-9H,1H3,(H2,18,20,21). The van der Waals surface area contributed by atoms with Crippen molar-refractivity contribution >= 4 is 20.9 Å². The Balaban J connectivity index is 2.11. The van der Waals surface area contributed by atoms with Gasteiger partial charge in [-0.1, -0.05) is 23.8 Å². The third kappa shape index (κ3) is 2.70. The number of aromatic nitrogens is 1. The summed E-state index contributed by atoms with van der Waals surface area (Å²) in [5.41, 5.74) is 2.98. The van der Waals surface area contributed by atoms with E-state index in [0.717, 1.165) is 28.6 Å². The number of hydrogen-bond acceptors (Lipinski definition) is 3. The van der Waals surface area contributed by atoms with Gasteiger partial charge in [0.15, 0.2) is 0 Å². The van der Waals surface area contributed by atoms with Crippen molar-refractivity contribution in [1.82, 2.24) is 4.98 Å². The van der Waals surface area contributed by atoms with Gasteiger partial charge in [0.2, 0.25) is 10.0 Å². The van der Waals surface area contributed by atoms with Crippen LogP contribution in [0.1, 0.15) is 5.56 Å². The van der Waals surface area contributed by atoms with Gasteiger partial charge >= 0.3 is 0 Å². The number of hydrogen-bond donors (Lipinski definition) is 1. The maximum absolute atomic E-state index is 13.9. The van der Waals surface area contributed by atoms with Gasteiger partial charge in [-0.2, -0.15) is 0 Å². The van der Waals surface area contributed by atoms with Gasteiger partial charge in [0, 0.05) is 10.9 Å². The average Bonchev–Trinajstić information content (AvgIpc) is 2.45. The third-order valence-electron chi connectivity index (χ3n) is 3.38. The fourth-order valence-electron chi connectivity index (χ4n) is 2.30. The Morgan fingerprint density at radius 1 is 1.05 bits per heavy atom. The molecule has 2 aromatic carbocycles. The molecule has 1 heterocycles. The van der Waals surface area contributed by atoms with E-state index in [4.69, 9.17) is 5.14 Å². The Hall–Kier alpha value is -2.31. The lowest BCUT2D eigenvalue weighted by molar-refractivity contribution is 0.568. The topological polar surface area (TPSA) is 73.0 Å². The minimum absolute atomic E-state index is 0.493. The number of halogens is 1. The summed E-state index contributed by atoms with van der Waals surface area (Å²) in [5, 5.41) is 5.94. The monoisotopic (exact) mass is 316 g/mol. The number of primary sulfonamides is 1. The van der Waals surface area contributed by atoms with Gasteiger partial charge in [-0.3, -0.25) is 0 Å². The van der Waals surface area contributed by atoms with Crippen LogP contribution in [-0.2, 0) is 10.0 Å². The number of nitrogens with two attached hydrogens (primary N) is 1. The fourth-order valence-corrected chi connectivity index (χ4v) is 2.89. The van der Waals surface area contributed by atoms with E-state index in [1.807, 2.05) is 31.2 Å². The zero-order valence-corrected chi connectivity index (χ0v) is 12.6. The van der Waals surface area contributed by atoms with Crippen LogP contribution in [0.2, 0.25) is 0 Å². The van der Waals surface area contributed by atoms with Gasteiger partial charge in [0.05, 0.1) is 11.2 Å². The van der Waals surface area contributed by atoms with Crippen molar-refractivity contribution in [3.05, 3.63) is 59.9 Å². The minimum atomic E-state index is -4.07. The number of benzene rings is 2. The van der Waals surface area contributed by atoms with Crippen LogP contribution < -0.4 is 5.14 Å². The highest BCUT2D eigenvalue weighted by Crippen LogP contribution is 2.24. The maximum Gasteiger partial charge on any atom is 0.240 e. The molecule has 3 aromatic rings. The first-order valence-electron chi connectivity index (χ1n) is 6.55.